The van der Waals surface area contributed by atoms with E-state index in [1.54, 1.807) is 0 Å². The molecule has 1 atom stereocenters. The molecule has 1 heterocycles. The van der Waals surface area contributed by atoms with Gasteiger partial charge in [0.1, 0.15) is 0 Å². The molecule has 1 fully saturated rings. The Balaban J connectivity index is 2.09. The molecule has 1 aliphatic rings. The Kier molecular flexibility index (Phi) is 18.6. The van der Waals surface area contributed by atoms with Crippen LogP contribution >= 0.6 is 0 Å². The molecule has 0 aromatic carbocycles. The maximum atomic E-state index is 11.9. The molecule has 0 bridgehead atoms. The second kappa shape index (κ2) is 20.9. The summed E-state index contributed by atoms with van der Waals surface area (Å²) in [4.78, 5) is 26.3. The van der Waals surface area contributed by atoms with Gasteiger partial charge < -0.3 is 20.3 Å². The summed E-state index contributed by atoms with van der Waals surface area (Å²) in [6.07, 6.45) is 20.8. The predicted octanol–water partition coefficient (Wildman–Crippen LogP) is 4.75. The summed E-state index contributed by atoms with van der Waals surface area (Å²) >= 11 is 0. The molecule has 1 saturated heterocycles. The summed E-state index contributed by atoms with van der Waals surface area (Å²) in [6, 6.07) is 0. The van der Waals surface area contributed by atoms with Crippen LogP contribution in [0.3, 0.4) is 0 Å². The van der Waals surface area contributed by atoms with E-state index in [4.69, 9.17) is 4.74 Å². The lowest BCUT2D eigenvalue weighted by atomic mass is 10.2. The first-order valence-corrected chi connectivity index (χ1v) is 13.3. The molecule has 0 aromatic rings. The minimum Gasteiger partial charge on any atom is -0.372 e. The molecule has 1 unspecified atom stereocenters. The Morgan fingerprint density at radius 3 is 1.70 bits per heavy atom. The summed E-state index contributed by atoms with van der Waals surface area (Å²) in [5, 5.41) is 6.03. The van der Waals surface area contributed by atoms with Crippen molar-refractivity contribution in [3.8, 4) is 0 Å². The topological polar surface area (TPSA) is 74.0 Å². The zero-order chi connectivity index (χ0) is 24.0. The van der Waals surface area contributed by atoms with Crippen LogP contribution in [0.2, 0.25) is 0 Å². The van der Waals surface area contributed by atoms with Crippen LogP contribution in [0.1, 0.15) is 90.9 Å². The van der Waals surface area contributed by atoms with Gasteiger partial charge in [0, 0.05) is 32.5 Å². The molecule has 190 valence electrons. The average molecular weight is 464 g/mol. The second-order valence-corrected chi connectivity index (χ2v) is 9.01. The van der Waals surface area contributed by atoms with E-state index < -0.39 is 0 Å². The third-order valence-electron chi connectivity index (χ3n) is 5.70. The number of carbonyl (C=O) groups excluding carboxylic acids is 2. The highest BCUT2D eigenvalue weighted by Crippen LogP contribution is 2.11. The maximum absolute atomic E-state index is 11.9. The van der Waals surface area contributed by atoms with Crippen molar-refractivity contribution >= 4 is 11.8 Å². The van der Waals surface area contributed by atoms with Gasteiger partial charge in [0.25, 0.3) is 0 Å². The van der Waals surface area contributed by atoms with Crippen LogP contribution in [0.5, 0.6) is 0 Å². The molecule has 33 heavy (non-hydrogen) atoms. The number of rotatable bonds is 22. The molecule has 6 heteroatoms. The molecule has 1 aliphatic heterocycles. The number of nitrogens with zero attached hydrogens (tertiary/aromatic N) is 1. The molecule has 2 amide bonds. The largest absolute Gasteiger partial charge is 0.372 e. The van der Waals surface area contributed by atoms with E-state index in [0.29, 0.717) is 32.0 Å². The van der Waals surface area contributed by atoms with Gasteiger partial charge in [-0.05, 0) is 51.6 Å². The molecule has 6 nitrogen and oxygen atoms in total. The van der Waals surface area contributed by atoms with E-state index >= 15 is 0 Å². The highest BCUT2D eigenvalue weighted by Gasteiger charge is 2.25. The Hall–Kier alpha value is -1.66. The SMILES string of the molecule is CCCCC/C=C/CC(=O)NCCCN(CCCNC(=O)C/C=C/CCCCC)CC1CO1. The number of hydrogen-bond donors (Lipinski definition) is 2. The third-order valence-corrected chi connectivity index (χ3v) is 5.70. The van der Waals surface area contributed by atoms with Gasteiger partial charge >= 0.3 is 0 Å². The van der Waals surface area contributed by atoms with E-state index in [-0.39, 0.29) is 11.8 Å². The van der Waals surface area contributed by atoms with Gasteiger partial charge in [-0.2, -0.15) is 0 Å². The van der Waals surface area contributed by atoms with Gasteiger partial charge in [-0.3, -0.25) is 9.59 Å². The quantitative estimate of drug-likeness (QED) is 0.138. The molecule has 2 N–H and O–H groups in total. The first kappa shape index (κ1) is 29.4. The van der Waals surface area contributed by atoms with E-state index in [9.17, 15) is 9.59 Å². The van der Waals surface area contributed by atoms with Gasteiger partial charge in [-0.15, -0.1) is 0 Å². The van der Waals surface area contributed by atoms with Crippen LogP contribution in [-0.2, 0) is 14.3 Å². The maximum Gasteiger partial charge on any atom is 0.223 e. The third kappa shape index (κ3) is 19.5. The van der Waals surface area contributed by atoms with Crippen molar-refractivity contribution < 1.29 is 14.3 Å². The smallest absolute Gasteiger partial charge is 0.223 e. The number of allylic oxidation sites excluding steroid dienone is 2. The normalized spacial score (nSPS) is 15.5. The van der Waals surface area contributed by atoms with Crippen LogP contribution in [0.25, 0.3) is 0 Å². The summed E-state index contributed by atoms with van der Waals surface area (Å²) in [7, 11) is 0. The van der Waals surface area contributed by atoms with Crippen LogP contribution in [0, 0.1) is 0 Å². The minimum absolute atomic E-state index is 0.0981. The average Bonchev–Trinajstić information content (AvgIpc) is 3.62. The monoisotopic (exact) mass is 463 g/mol. The van der Waals surface area contributed by atoms with Crippen molar-refractivity contribution in [2.24, 2.45) is 0 Å². The van der Waals surface area contributed by atoms with E-state index in [1.807, 2.05) is 12.2 Å². The van der Waals surface area contributed by atoms with E-state index in [2.05, 4.69) is 41.5 Å². The molecule has 0 radical (unpaired) electrons. The van der Waals surface area contributed by atoms with Crippen molar-refractivity contribution in [1.29, 1.82) is 0 Å². The van der Waals surface area contributed by atoms with Crippen LogP contribution < -0.4 is 10.6 Å². The van der Waals surface area contributed by atoms with Crippen LogP contribution in [-0.4, -0.2) is 62.1 Å². The van der Waals surface area contributed by atoms with E-state index in [1.165, 1.54) is 38.5 Å². The first-order chi connectivity index (χ1) is 16.2. The molecule has 0 aromatic heterocycles. The Labute approximate surface area is 202 Å². The van der Waals surface area contributed by atoms with Crippen LogP contribution in [0.15, 0.2) is 24.3 Å². The molecular weight excluding hydrogens is 414 g/mol. The van der Waals surface area contributed by atoms with Crippen LogP contribution in [0.4, 0.5) is 0 Å². The summed E-state index contributed by atoms with van der Waals surface area (Å²) in [5.41, 5.74) is 0. The van der Waals surface area contributed by atoms with Crippen molar-refractivity contribution in [1.82, 2.24) is 15.5 Å². The Morgan fingerprint density at radius 1 is 0.788 bits per heavy atom. The van der Waals surface area contributed by atoms with Gasteiger partial charge in [0.15, 0.2) is 0 Å². The number of hydrogen-bond acceptors (Lipinski definition) is 4. The summed E-state index contributed by atoms with van der Waals surface area (Å²) in [5.74, 6) is 0.196. The van der Waals surface area contributed by atoms with Gasteiger partial charge in [0.2, 0.25) is 11.8 Å². The standard InChI is InChI=1S/C27H49N3O3/c1-3-5-7-9-11-13-17-26(31)28-19-15-21-30(23-25-24-33-25)22-16-20-29-27(32)18-14-12-10-8-6-4-2/h11-14,25H,3-10,15-24H2,1-2H3,(H,28,31)(H,29,32)/b13-11+,14-12+. The summed E-state index contributed by atoms with van der Waals surface area (Å²) < 4.78 is 5.39. The molecule has 0 aliphatic carbocycles. The van der Waals surface area contributed by atoms with Gasteiger partial charge in [-0.25, -0.2) is 0 Å². The number of nitrogens with one attached hydrogen (secondary N) is 2. The van der Waals surface area contributed by atoms with Crippen molar-refractivity contribution in [3.05, 3.63) is 24.3 Å². The zero-order valence-corrected chi connectivity index (χ0v) is 21.3. The fraction of sp³-hybridized carbons (Fsp3) is 0.778. The van der Waals surface area contributed by atoms with Crippen molar-refractivity contribution in [3.63, 3.8) is 0 Å². The molecular formula is C27H49N3O3. The lowest BCUT2D eigenvalue weighted by molar-refractivity contribution is -0.121. The minimum atomic E-state index is 0.0981. The number of amides is 2. The van der Waals surface area contributed by atoms with Crippen molar-refractivity contribution in [2.75, 3.05) is 39.3 Å². The Morgan fingerprint density at radius 2 is 1.27 bits per heavy atom. The summed E-state index contributed by atoms with van der Waals surface area (Å²) in [6.45, 7) is 9.44. The fourth-order valence-corrected chi connectivity index (χ4v) is 3.60. The zero-order valence-electron chi connectivity index (χ0n) is 21.3. The first-order valence-electron chi connectivity index (χ1n) is 13.3. The molecule has 0 saturated carbocycles. The second-order valence-electron chi connectivity index (χ2n) is 9.01. The number of ether oxygens (including phenoxy) is 1. The number of unbranched alkanes of at least 4 members (excludes halogenated alkanes) is 6. The number of epoxide rings is 1. The van der Waals surface area contributed by atoms with Gasteiger partial charge in [-0.1, -0.05) is 63.8 Å². The number of carbonyl (C=O) groups is 2. The fourth-order valence-electron chi connectivity index (χ4n) is 3.60. The highest BCUT2D eigenvalue weighted by atomic mass is 16.6. The predicted molar refractivity (Wildman–Crippen MR) is 137 cm³/mol. The highest BCUT2D eigenvalue weighted by molar-refractivity contribution is 5.77. The lowest BCUT2D eigenvalue weighted by Gasteiger charge is -2.21. The Bertz CT molecular complexity index is 517. The van der Waals surface area contributed by atoms with Crippen molar-refractivity contribution in [2.45, 2.75) is 97.0 Å². The van der Waals surface area contributed by atoms with E-state index in [0.717, 1.165) is 51.9 Å². The van der Waals surface area contributed by atoms with Gasteiger partial charge in [0.05, 0.1) is 12.7 Å². The lowest BCUT2D eigenvalue weighted by Crippen LogP contribution is -2.34. The molecule has 1 rings (SSSR count). The molecule has 0 spiro atoms.